The molecule has 16 heavy (non-hydrogen) atoms. The van der Waals surface area contributed by atoms with Crippen molar-refractivity contribution in [3.05, 3.63) is 0 Å². The number of ether oxygens (including phenoxy) is 2. The molecule has 0 aromatic carbocycles. The predicted octanol–water partition coefficient (Wildman–Crippen LogP) is 2.09. The summed E-state index contributed by atoms with van der Waals surface area (Å²) < 4.78 is 13.5. The molecule has 0 amide bonds. The summed E-state index contributed by atoms with van der Waals surface area (Å²) in [5, 5.41) is 7.00. The molecule has 0 radical (unpaired) electrons. The highest BCUT2D eigenvalue weighted by atomic mass is 31.1. The lowest BCUT2D eigenvalue weighted by Crippen LogP contribution is -1.94. The van der Waals surface area contributed by atoms with Gasteiger partial charge in [0.25, 0.3) is 0 Å². The zero-order valence-electron chi connectivity index (χ0n) is 11.9. The average molecular weight is 260 g/mol. The van der Waals surface area contributed by atoms with Crippen molar-refractivity contribution >= 4 is 8.81 Å². The maximum Gasteiger partial charge on any atom is 0.0797 e. The first kappa shape index (κ1) is 25.2. The van der Waals surface area contributed by atoms with E-state index in [1.54, 1.807) is 21.3 Å². The van der Waals surface area contributed by atoms with Crippen LogP contribution in [0, 0.1) is 0 Å². The van der Waals surface area contributed by atoms with E-state index < -0.39 is 0 Å². The van der Waals surface area contributed by atoms with E-state index in [0.717, 1.165) is 7.11 Å². The van der Waals surface area contributed by atoms with E-state index in [9.17, 15) is 0 Å². The zero-order valence-corrected chi connectivity index (χ0v) is 12.9. The lowest BCUT2D eigenvalue weighted by atomic mass is 10.5. The summed E-state index contributed by atoms with van der Waals surface area (Å²) in [6.45, 7) is 8.44. The van der Waals surface area contributed by atoms with E-state index >= 15 is 0 Å². The summed E-state index contributed by atoms with van der Waals surface area (Å²) in [6.07, 6.45) is 0.384. The highest BCUT2D eigenvalue weighted by Gasteiger charge is 1.78. The summed E-state index contributed by atoms with van der Waals surface area (Å²) in [4.78, 5) is 4.49. The maximum atomic E-state index is 7.00. The largest absolute Gasteiger partial charge is 0.400 e. The Kier molecular flexibility index (Phi) is 56.9. The number of rotatable bonds is 4. The smallest absolute Gasteiger partial charge is 0.0797 e. The summed E-state index contributed by atoms with van der Waals surface area (Å²) >= 11 is 0. The van der Waals surface area contributed by atoms with E-state index in [1.165, 1.54) is 0 Å². The van der Waals surface area contributed by atoms with Crippen molar-refractivity contribution in [2.75, 3.05) is 41.7 Å². The van der Waals surface area contributed by atoms with Gasteiger partial charge in [0.2, 0.25) is 0 Å². The molecule has 5 nitrogen and oxygen atoms in total. The number of aliphatic hydroxyl groups is 1. The van der Waals surface area contributed by atoms with Crippen molar-refractivity contribution in [1.29, 1.82) is 0 Å². The normalized spacial score (nSPS) is 8.62. The molecule has 0 aliphatic carbocycles. The van der Waals surface area contributed by atoms with E-state index in [4.69, 9.17) is 9.84 Å². The van der Waals surface area contributed by atoms with E-state index in [-0.39, 0.29) is 0 Å². The molecule has 0 aromatic rings. The van der Waals surface area contributed by atoms with Crippen LogP contribution in [-0.4, -0.2) is 52.9 Å². The molecule has 1 atom stereocenters. The topological polar surface area (TPSA) is 57.2 Å². The molecule has 0 spiro atoms. The maximum absolute atomic E-state index is 7.00. The molecular weight excluding hydrogens is 231 g/mol. The van der Waals surface area contributed by atoms with Crippen LogP contribution in [0.1, 0.15) is 20.8 Å². The Hall–Kier alpha value is 0.230. The molecule has 0 saturated carbocycles. The van der Waals surface area contributed by atoms with Gasteiger partial charge < -0.3 is 14.6 Å². The van der Waals surface area contributed by atoms with Crippen LogP contribution in [0.4, 0.5) is 0 Å². The second-order valence-electron chi connectivity index (χ2n) is 2.39. The van der Waals surface area contributed by atoms with Crippen LogP contribution in [-0.2, 0) is 19.0 Å². The monoisotopic (exact) mass is 260 g/mol. The standard InChI is InChI=1S/C4H10O.C3H9O2P.C2H6O.CH4O/c1-4(2)5-3;1-3-4-5-6-2;1-3-2;1-2/h4H,1-3H3;6H,3H2,1-2H3;1-2H3;2H,1H3. The van der Waals surface area contributed by atoms with Crippen LogP contribution >= 0.6 is 8.81 Å². The fraction of sp³-hybridized carbons (Fsp3) is 1.00. The van der Waals surface area contributed by atoms with E-state index in [1.807, 2.05) is 27.4 Å². The minimum Gasteiger partial charge on any atom is -0.400 e. The van der Waals surface area contributed by atoms with Gasteiger partial charge in [-0.2, -0.15) is 0 Å². The van der Waals surface area contributed by atoms with Crippen molar-refractivity contribution in [3.63, 3.8) is 0 Å². The molecule has 1 N–H and O–H groups in total. The molecule has 0 aliphatic rings. The van der Waals surface area contributed by atoms with Gasteiger partial charge in [-0.1, -0.05) is 0 Å². The number of aliphatic hydroxyl groups excluding tert-OH is 1. The lowest BCUT2D eigenvalue weighted by molar-refractivity contribution is -0.190. The quantitative estimate of drug-likeness (QED) is 0.363. The highest BCUT2D eigenvalue weighted by molar-refractivity contribution is 7.31. The Labute approximate surface area is 102 Å². The van der Waals surface area contributed by atoms with Crippen molar-refractivity contribution in [1.82, 2.24) is 0 Å². The van der Waals surface area contributed by atoms with Crippen molar-refractivity contribution < 1.29 is 24.1 Å². The van der Waals surface area contributed by atoms with Crippen LogP contribution in [0.25, 0.3) is 0 Å². The fourth-order valence-corrected chi connectivity index (χ4v) is 0.354. The first-order valence-electron chi connectivity index (χ1n) is 4.93. The van der Waals surface area contributed by atoms with Crippen LogP contribution in [0.5, 0.6) is 0 Å². The SMILES string of the molecule is CCOOPC.CO.COC.COC(C)C. The Morgan fingerprint density at radius 3 is 1.50 bits per heavy atom. The molecule has 0 bridgehead atoms. The van der Waals surface area contributed by atoms with Gasteiger partial charge in [0, 0.05) is 28.4 Å². The van der Waals surface area contributed by atoms with Gasteiger partial charge in [0.05, 0.1) is 21.5 Å². The third-order valence-electron chi connectivity index (χ3n) is 0.732. The Morgan fingerprint density at radius 2 is 1.44 bits per heavy atom. The van der Waals surface area contributed by atoms with E-state index in [0.29, 0.717) is 21.5 Å². The molecule has 0 rings (SSSR count). The third kappa shape index (κ3) is 91.1. The second-order valence-corrected chi connectivity index (χ2v) is 2.96. The van der Waals surface area contributed by atoms with Gasteiger partial charge in [-0.15, -0.1) is 0 Å². The molecule has 6 heteroatoms. The van der Waals surface area contributed by atoms with Crippen LogP contribution in [0.15, 0.2) is 0 Å². The van der Waals surface area contributed by atoms with Crippen molar-refractivity contribution in [3.8, 4) is 0 Å². The van der Waals surface area contributed by atoms with Gasteiger partial charge in [0.15, 0.2) is 0 Å². The van der Waals surface area contributed by atoms with Gasteiger partial charge in [-0.05, 0) is 27.4 Å². The zero-order chi connectivity index (χ0) is 13.8. The van der Waals surface area contributed by atoms with Crippen molar-refractivity contribution in [2.24, 2.45) is 0 Å². The molecule has 0 fully saturated rings. The minimum absolute atomic E-state index is 0.384. The van der Waals surface area contributed by atoms with Crippen LogP contribution in [0.3, 0.4) is 0 Å². The van der Waals surface area contributed by atoms with E-state index in [2.05, 4.69) is 14.3 Å². The summed E-state index contributed by atoms with van der Waals surface area (Å²) in [6, 6.07) is 0. The molecule has 0 heterocycles. The Morgan fingerprint density at radius 1 is 1.12 bits per heavy atom. The van der Waals surface area contributed by atoms with Crippen LogP contribution < -0.4 is 0 Å². The molecule has 0 saturated heterocycles. The van der Waals surface area contributed by atoms with Crippen molar-refractivity contribution in [2.45, 2.75) is 26.9 Å². The summed E-state index contributed by atoms with van der Waals surface area (Å²) in [7, 11) is 6.39. The lowest BCUT2D eigenvalue weighted by Gasteiger charge is -1.94. The molecular formula is C10H29O5P. The summed E-state index contributed by atoms with van der Waals surface area (Å²) in [5.41, 5.74) is 0. The van der Waals surface area contributed by atoms with Gasteiger partial charge in [-0.3, -0.25) is 0 Å². The number of hydrogen-bond donors (Lipinski definition) is 1. The average Bonchev–Trinajstić information content (AvgIpc) is 2.31. The summed E-state index contributed by atoms with van der Waals surface area (Å²) in [5.74, 6) is 0. The molecule has 104 valence electrons. The van der Waals surface area contributed by atoms with Gasteiger partial charge >= 0.3 is 0 Å². The molecule has 1 unspecified atom stereocenters. The predicted molar refractivity (Wildman–Crippen MR) is 70.2 cm³/mol. The Balaban J connectivity index is -0.0000000653. The highest BCUT2D eigenvalue weighted by Crippen LogP contribution is 2.02. The minimum atomic E-state index is 0.384. The molecule has 0 aliphatic heterocycles. The molecule has 0 aromatic heterocycles. The van der Waals surface area contributed by atoms with Gasteiger partial charge in [0.1, 0.15) is 0 Å². The first-order valence-corrected chi connectivity index (χ1v) is 6.34. The van der Waals surface area contributed by atoms with Gasteiger partial charge in [-0.25, -0.2) is 9.56 Å². The Bertz CT molecular complexity index is 70.2. The first-order chi connectivity index (χ1) is 7.60. The number of methoxy groups -OCH3 is 2. The fourth-order valence-electron chi connectivity index (χ4n) is 0.118. The number of hydrogen-bond acceptors (Lipinski definition) is 5. The van der Waals surface area contributed by atoms with Crippen LogP contribution in [0.2, 0.25) is 0 Å². The second kappa shape index (κ2) is 36.2. The third-order valence-corrected chi connectivity index (χ3v) is 1.02.